The molecule has 0 fully saturated rings. The van der Waals surface area contributed by atoms with Crippen molar-refractivity contribution in [3.8, 4) is 11.3 Å². The van der Waals surface area contributed by atoms with E-state index in [0.29, 0.717) is 6.54 Å². The number of halogens is 1. The summed E-state index contributed by atoms with van der Waals surface area (Å²) in [6.45, 7) is 1.27. The predicted molar refractivity (Wildman–Crippen MR) is 81.1 cm³/mol. The molecular weight excluding hydrogens is 265 g/mol. The van der Waals surface area contributed by atoms with Crippen molar-refractivity contribution in [2.24, 2.45) is 5.73 Å². The molecule has 0 bridgehead atoms. The van der Waals surface area contributed by atoms with Crippen molar-refractivity contribution in [3.63, 3.8) is 0 Å². The first-order valence-corrected chi connectivity index (χ1v) is 6.80. The lowest BCUT2D eigenvalue weighted by Crippen LogP contribution is -2.01. The molecule has 0 aliphatic carbocycles. The largest absolute Gasteiger partial charge is 0.326 e. The van der Waals surface area contributed by atoms with E-state index >= 15 is 0 Å². The van der Waals surface area contributed by atoms with E-state index < -0.39 is 0 Å². The fraction of sp³-hybridized carbons (Fsp3) is 0.118. The van der Waals surface area contributed by atoms with Gasteiger partial charge in [0, 0.05) is 13.1 Å². The minimum absolute atomic E-state index is 0.234. The Morgan fingerprint density at radius 2 is 1.62 bits per heavy atom. The summed E-state index contributed by atoms with van der Waals surface area (Å²) in [5.41, 5.74) is 9.81. The highest BCUT2D eigenvalue weighted by Gasteiger charge is 2.06. The molecule has 1 heterocycles. The second kappa shape index (κ2) is 5.89. The Bertz CT molecular complexity index is 715. The molecule has 2 N–H and O–H groups in total. The third kappa shape index (κ3) is 3.01. The second-order valence-corrected chi connectivity index (χ2v) is 4.93. The molecule has 0 spiro atoms. The highest BCUT2D eigenvalue weighted by Crippen LogP contribution is 2.20. The molecular formula is C17H16FN3. The Labute approximate surface area is 122 Å². The molecule has 0 saturated carbocycles. The van der Waals surface area contributed by atoms with E-state index in [4.69, 9.17) is 5.73 Å². The molecule has 106 valence electrons. The minimum Gasteiger partial charge on any atom is -0.326 e. The first-order valence-electron chi connectivity index (χ1n) is 6.80. The summed E-state index contributed by atoms with van der Waals surface area (Å²) in [7, 11) is 0. The zero-order valence-corrected chi connectivity index (χ0v) is 11.5. The summed E-state index contributed by atoms with van der Waals surface area (Å²) in [4.78, 5) is 4.20. The number of nitrogens with two attached hydrogens (primary N) is 1. The van der Waals surface area contributed by atoms with Crippen molar-refractivity contribution in [2.45, 2.75) is 13.1 Å². The van der Waals surface area contributed by atoms with E-state index in [-0.39, 0.29) is 5.82 Å². The molecule has 0 saturated heterocycles. The molecule has 0 unspecified atom stereocenters. The molecule has 0 atom stereocenters. The van der Waals surface area contributed by atoms with Crippen molar-refractivity contribution in [3.05, 3.63) is 78.0 Å². The van der Waals surface area contributed by atoms with Crippen LogP contribution in [0.3, 0.4) is 0 Å². The third-order valence-corrected chi connectivity index (χ3v) is 3.46. The number of aromatic nitrogens is 2. The van der Waals surface area contributed by atoms with Gasteiger partial charge in [-0.3, -0.25) is 0 Å². The second-order valence-electron chi connectivity index (χ2n) is 4.93. The van der Waals surface area contributed by atoms with E-state index in [1.54, 1.807) is 24.7 Å². The average molecular weight is 281 g/mol. The molecule has 0 aliphatic heterocycles. The van der Waals surface area contributed by atoms with E-state index in [1.807, 2.05) is 16.7 Å². The third-order valence-electron chi connectivity index (χ3n) is 3.46. The van der Waals surface area contributed by atoms with Crippen LogP contribution in [0.4, 0.5) is 4.39 Å². The Balaban J connectivity index is 1.86. The van der Waals surface area contributed by atoms with Gasteiger partial charge in [0.05, 0.1) is 18.2 Å². The number of benzene rings is 2. The highest BCUT2D eigenvalue weighted by atomic mass is 19.1. The Hall–Kier alpha value is -2.46. The zero-order valence-electron chi connectivity index (χ0n) is 11.5. The molecule has 4 heteroatoms. The van der Waals surface area contributed by atoms with Crippen LogP contribution in [0.1, 0.15) is 11.1 Å². The fourth-order valence-electron chi connectivity index (χ4n) is 2.29. The van der Waals surface area contributed by atoms with Gasteiger partial charge in [-0.25, -0.2) is 9.37 Å². The molecule has 0 aliphatic rings. The lowest BCUT2D eigenvalue weighted by molar-refractivity contribution is 0.628. The molecule has 1 aromatic heterocycles. The molecule has 0 radical (unpaired) electrons. The van der Waals surface area contributed by atoms with Gasteiger partial charge in [-0.05, 0) is 41.0 Å². The van der Waals surface area contributed by atoms with Gasteiger partial charge in [-0.1, -0.05) is 24.3 Å². The maximum absolute atomic E-state index is 13.0. The van der Waals surface area contributed by atoms with Gasteiger partial charge in [0.1, 0.15) is 5.82 Å². The van der Waals surface area contributed by atoms with Crippen LogP contribution < -0.4 is 5.73 Å². The van der Waals surface area contributed by atoms with Crippen LogP contribution in [0.15, 0.2) is 61.1 Å². The summed E-state index contributed by atoms with van der Waals surface area (Å²) >= 11 is 0. The number of nitrogens with zero attached hydrogens (tertiary/aromatic N) is 2. The van der Waals surface area contributed by atoms with Crippen LogP contribution in [-0.2, 0) is 13.1 Å². The van der Waals surface area contributed by atoms with Crippen LogP contribution in [0.5, 0.6) is 0 Å². The summed E-state index contributed by atoms with van der Waals surface area (Å²) in [6.07, 6.45) is 3.58. The lowest BCUT2D eigenvalue weighted by Gasteiger charge is -2.09. The minimum atomic E-state index is -0.234. The summed E-state index contributed by atoms with van der Waals surface area (Å²) < 4.78 is 15.1. The lowest BCUT2D eigenvalue weighted by atomic mass is 10.1. The van der Waals surface area contributed by atoms with Crippen LogP contribution in [0, 0.1) is 5.82 Å². The maximum Gasteiger partial charge on any atom is 0.123 e. The fourth-order valence-corrected chi connectivity index (χ4v) is 2.29. The molecule has 3 nitrogen and oxygen atoms in total. The van der Waals surface area contributed by atoms with E-state index in [1.165, 1.54) is 17.7 Å². The van der Waals surface area contributed by atoms with Crippen molar-refractivity contribution in [2.75, 3.05) is 0 Å². The summed E-state index contributed by atoms with van der Waals surface area (Å²) in [6, 6.07) is 14.6. The van der Waals surface area contributed by atoms with Crippen LogP contribution >= 0.6 is 0 Å². The van der Waals surface area contributed by atoms with Gasteiger partial charge < -0.3 is 10.3 Å². The van der Waals surface area contributed by atoms with Crippen LogP contribution in [0.2, 0.25) is 0 Å². The zero-order chi connectivity index (χ0) is 14.7. The number of rotatable bonds is 4. The van der Waals surface area contributed by atoms with E-state index in [9.17, 15) is 4.39 Å². The first kappa shape index (κ1) is 13.5. The Morgan fingerprint density at radius 3 is 2.29 bits per heavy atom. The van der Waals surface area contributed by atoms with Gasteiger partial charge in [0.15, 0.2) is 0 Å². The number of hydrogen-bond donors (Lipinski definition) is 1. The number of imidazole rings is 1. The summed E-state index contributed by atoms with van der Waals surface area (Å²) in [5.74, 6) is -0.234. The monoisotopic (exact) mass is 281 g/mol. The molecule has 3 rings (SSSR count). The van der Waals surface area contributed by atoms with Crippen molar-refractivity contribution in [1.82, 2.24) is 9.55 Å². The first-order chi connectivity index (χ1) is 10.3. The van der Waals surface area contributed by atoms with Gasteiger partial charge in [0.2, 0.25) is 0 Å². The Morgan fingerprint density at radius 1 is 0.952 bits per heavy atom. The maximum atomic E-state index is 13.0. The molecule has 3 aromatic rings. The van der Waals surface area contributed by atoms with Gasteiger partial charge in [-0.2, -0.15) is 0 Å². The molecule has 21 heavy (non-hydrogen) atoms. The Kier molecular flexibility index (Phi) is 3.79. The van der Waals surface area contributed by atoms with Crippen molar-refractivity contribution in [1.29, 1.82) is 0 Å². The van der Waals surface area contributed by atoms with E-state index in [2.05, 4.69) is 17.1 Å². The van der Waals surface area contributed by atoms with Gasteiger partial charge in [0.25, 0.3) is 0 Å². The number of hydrogen-bond acceptors (Lipinski definition) is 2. The van der Waals surface area contributed by atoms with Crippen LogP contribution in [-0.4, -0.2) is 9.55 Å². The smallest absolute Gasteiger partial charge is 0.123 e. The highest BCUT2D eigenvalue weighted by molar-refractivity contribution is 5.58. The SMILES string of the molecule is NCc1ccc(Cn2cncc2-c2ccc(F)cc2)cc1. The molecule has 0 amide bonds. The standard InChI is InChI=1S/C17H16FN3/c18-16-7-5-15(6-8-16)17-10-20-12-21(17)11-14-3-1-13(9-19)2-4-14/h1-8,10,12H,9,11,19H2. The average Bonchev–Trinajstić information content (AvgIpc) is 2.97. The van der Waals surface area contributed by atoms with Gasteiger partial charge in [-0.15, -0.1) is 0 Å². The molecule has 2 aromatic carbocycles. The quantitative estimate of drug-likeness (QED) is 0.798. The van der Waals surface area contributed by atoms with Gasteiger partial charge >= 0.3 is 0 Å². The van der Waals surface area contributed by atoms with Crippen LogP contribution in [0.25, 0.3) is 11.3 Å². The van der Waals surface area contributed by atoms with Crippen molar-refractivity contribution >= 4 is 0 Å². The normalized spacial score (nSPS) is 10.8. The topological polar surface area (TPSA) is 43.8 Å². The van der Waals surface area contributed by atoms with Crippen molar-refractivity contribution < 1.29 is 4.39 Å². The summed E-state index contributed by atoms with van der Waals surface area (Å²) in [5, 5.41) is 0. The predicted octanol–water partition coefficient (Wildman–Crippen LogP) is 3.20. The van der Waals surface area contributed by atoms with E-state index in [0.717, 1.165) is 23.4 Å².